The lowest BCUT2D eigenvalue weighted by atomic mass is 10.2. The number of para-hydroxylation sites is 1. The van der Waals surface area contributed by atoms with Crippen molar-refractivity contribution in [2.75, 3.05) is 31.0 Å². The molecule has 8 heteroatoms. The minimum Gasteiger partial charge on any atom is -0.497 e. The molecule has 2 aromatic carbocycles. The molecule has 0 spiro atoms. The number of carbonyl (C=O) groups excluding carboxylic acids is 2. The van der Waals surface area contributed by atoms with E-state index in [2.05, 4.69) is 5.32 Å². The Labute approximate surface area is 149 Å². The third-order valence-corrected chi connectivity index (χ3v) is 3.59. The van der Waals surface area contributed by atoms with Crippen LogP contribution in [-0.4, -0.2) is 32.6 Å². The van der Waals surface area contributed by atoms with Gasteiger partial charge in [-0.05, 0) is 24.3 Å². The topological polar surface area (TPSA) is 67.9 Å². The fourth-order valence-electron chi connectivity index (χ4n) is 2.31. The van der Waals surface area contributed by atoms with E-state index in [4.69, 9.17) is 9.47 Å². The van der Waals surface area contributed by atoms with E-state index in [0.717, 1.165) is 17.0 Å². The number of benzene rings is 2. The summed E-state index contributed by atoms with van der Waals surface area (Å²) in [7, 11) is 2.87. The van der Waals surface area contributed by atoms with Gasteiger partial charge in [-0.15, -0.1) is 0 Å². The average Bonchev–Trinajstić information content (AvgIpc) is 2.62. The van der Waals surface area contributed by atoms with Crippen molar-refractivity contribution in [1.29, 1.82) is 0 Å². The lowest BCUT2D eigenvalue weighted by Gasteiger charge is -2.23. The number of nitrogens with one attached hydrogen (secondary N) is 1. The second kappa shape index (κ2) is 8.28. The third kappa shape index (κ3) is 4.27. The Balaban J connectivity index is 2.29. The Morgan fingerprint density at radius 2 is 1.73 bits per heavy atom. The van der Waals surface area contributed by atoms with Gasteiger partial charge in [-0.1, -0.05) is 6.07 Å². The van der Waals surface area contributed by atoms with Crippen molar-refractivity contribution in [1.82, 2.24) is 0 Å². The van der Waals surface area contributed by atoms with Crippen LogP contribution in [0.15, 0.2) is 36.4 Å². The number of methoxy groups -OCH3 is 2. The molecular weight excluding hydrogens is 346 g/mol. The van der Waals surface area contributed by atoms with Gasteiger partial charge in [0.05, 0.1) is 19.9 Å². The van der Waals surface area contributed by atoms with E-state index in [0.29, 0.717) is 17.2 Å². The second-order valence-corrected chi connectivity index (χ2v) is 5.29. The molecule has 26 heavy (non-hydrogen) atoms. The van der Waals surface area contributed by atoms with E-state index in [1.54, 1.807) is 12.1 Å². The number of amides is 2. The molecule has 2 aromatic rings. The zero-order chi connectivity index (χ0) is 19.3. The van der Waals surface area contributed by atoms with Crippen molar-refractivity contribution in [3.05, 3.63) is 48.0 Å². The predicted molar refractivity (Wildman–Crippen MR) is 92.6 cm³/mol. The lowest BCUT2D eigenvalue weighted by molar-refractivity contribution is -0.120. The van der Waals surface area contributed by atoms with Crippen LogP contribution in [-0.2, 0) is 9.59 Å². The van der Waals surface area contributed by atoms with Crippen LogP contribution in [0.25, 0.3) is 0 Å². The molecule has 2 amide bonds. The summed E-state index contributed by atoms with van der Waals surface area (Å²) in [6, 6.07) is 7.97. The minimum atomic E-state index is -0.910. The van der Waals surface area contributed by atoms with Gasteiger partial charge in [0.2, 0.25) is 11.8 Å². The summed E-state index contributed by atoms with van der Waals surface area (Å²) in [6.45, 7) is 0.794. The Kier molecular flexibility index (Phi) is 6.11. The quantitative estimate of drug-likeness (QED) is 0.856. The molecule has 2 rings (SSSR count). The first-order valence-electron chi connectivity index (χ1n) is 7.61. The van der Waals surface area contributed by atoms with Crippen LogP contribution < -0.4 is 19.7 Å². The largest absolute Gasteiger partial charge is 0.497 e. The smallest absolute Gasteiger partial charge is 0.244 e. The molecule has 0 aliphatic carbocycles. The van der Waals surface area contributed by atoms with Crippen molar-refractivity contribution in [2.45, 2.75) is 6.92 Å². The number of ether oxygens (including phenoxy) is 2. The molecule has 0 unspecified atom stereocenters. The van der Waals surface area contributed by atoms with E-state index in [1.807, 2.05) is 0 Å². The maximum atomic E-state index is 13.7. The molecule has 138 valence electrons. The summed E-state index contributed by atoms with van der Waals surface area (Å²) >= 11 is 0. The number of rotatable bonds is 6. The van der Waals surface area contributed by atoms with Gasteiger partial charge in [0, 0.05) is 13.0 Å². The van der Waals surface area contributed by atoms with Gasteiger partial charge < -0.3 is 14.8 Å². The molecule has 0 bridgehead atoms. The van der Waals surface area contributed by atoms with E-state index < -0.39 is 35.7 Å². The summed E-state index contributed by atoms with van der Waals surface area (Å²) < 4.78 is 37.7. The maximum Gasteiger partial charge on any atom is 0.244 e. The zero-order valence-electron chi connectivity index (χ0n) is 14.5. The number of hydrogen-bond acceptors (Lipinski definition) is 4. The number of anilines is 2. The van der Waals surface area contributed by atoms with Crippen molar-refractivity contribution >= 4 is 23.2 Å². The molecule has 0 fully saturated rings. The van der Waals surface area contributed by atoms with Crippen LogP contribution in [0, 0.1) is 11.6 Å². The standard InChI is InChI=1S/C18H18F2N2O4/c1-11(23)22(15-9-12(25-2)7-8-16(15)26-3)10-17(24)21-18-13(19)5-4-6-14(18)20/h4-9H,10H2,1-3H3,(H,21,24). The minimum absolute atomic E-state index is 0.295. The van der Waals surface area contributed by atoms with Gasteiger partial charge in [-0.2, -0.15) is 0 Å². The predicted octanol–water partition coefficient (Wildman–Crippen LogP) is 2.97. The van der Waals surface area contributed by atoms with E-state index in [1.165, 1.54) is 33.3 Å². The first kappa shape index (κ1) is 19.2. The van der Waals surface area contributed by atoms with Gasteiger partial charge in [0.1, 0.15) is 35.4 Å². The van der Waals surface area contributed by atoms with Crippen LogP contribution in [0.1, 0.15) is 6.92 Å². The van der Waals surface area contributed by atoms with Crippen LogP contribution in [0.3, 0.4) is 0 Å². The van der Waals surface area contributed by atoms with E-state index in [9.17, 15) is 18.4 Å². The van der Waals surface area contributed by atoms with Gasteiger partial charge in [-0.25, -0.2) is 8.78 Å². The molecule has 1 N–H and O–H groups in total. The average molecular weight is 364 g/mol. The summed E-state index contributed by atoms with van der Waals surface area (Å²) in [5.41, 5.74) is -0.276. The number of halogens is 2. The summed E-state index contributed by atoms with van der Waals surface area (Å²) in [5, 5.41) is 2.14. The molecule has 0 saturated heterocycles. The second-order valence-electron chi connectivity index (χ2n) is 5.29. The molecule has 0 heterocycles. The first-order valence-corrected chi connectivity index (χ1v) is 7.61. The fraction of sp³-hybridized carbons (Fsp3) is 0.222. The molecule has 0 saturated carbocycles. The van der Waals surface area contributed by atoms with E-state index >= 15 is 0 Å². The van der Waals surface area contributed by atoms with E-state index in [-0.39, 0.29) is 0 Å². The van der Waals surface area contributed by atoms with Crippen LogP contribution >= 0.6 is 0 Å². The van der Waals surface area contributed by atoms with Gasteiger partial charge in [0.25, 0.3) is 0 Å². The Morgan fingerprint density at radius 1 is 1.08 bits per heavy atom. The normalized spacial score (nSPS) is 10.2. The summed E-state index contributed by atoms with van der Waals surface area (Å²) in [4.78, 5) is 25.4. The third-order valence-electron chi connectivity index (χ3n) is 3.59. The van der Waals surface area contributed by atoms with Crippen LogP contribution in [0.5, 0.6) is 11.5 Å². The molecule has 0 radical (unpaired) electrons. The Hall–Kier alpha value is -3.16. The molecule has 0 atom stereocenters. The molecule has 0 aromatic heterocycles. The highest BCUT2D eigenvalue weighted by atomic mass is 19.1. The van der Waals surface area contributed by atoms with Gasteiger partial charge >= 0.3 is 0 Å². The number of carbonyl (C=O) groups is 2. The van der Waals surface area contributed by atoms with Crippen molar-refractivity contribution in [3.63, 3.8) is 0 Å². The maximum absolute atomic E-state index is 13.7. The summed E-state index contributed by atoms with van der Waals surface area (Å²) in [5.74, 6) is -2.26. The Bertz CT molecular complexity index is 807. The van der Waals surface area contributed by atoms with Crippen LogP contribution in [0.2, 0.25) is 0 Å². The first-order chi connectivity index (χ1) is 12.4. The highest BCUT2D eigenvalue weighted by Crippen LogP contribution is 2.32. The van der Waals surface area contributed by atoms with Gasteiger partial charge in [-0.3, -0.25) is 14.5 Å². The highest BCUT2D eigenvalue weighted by Gasteiger charge is 2.21. The Morgan fingerprint density at radius 3 is 2.27 bits per heavy atom. The number of nitrogens with zero attached hydrogens (tertiary/aromatic N) is 1. The van der Waals surface area contributed by atoms with Crippen molar-refractivity contribution in [2.24, 2.45) is 0 Å². The molecular formula is C18H18F2N2O4. The van der Waals surface area contributed by atoms with Crippen molar-refractivity contribution in [3.8, 4) is 11.5 Å². The zero-order valence-corrected chi connectivity index (χ0v) is 14.5. The van der Waals surface area contributed by atoms with Gasteiger partial charge in [0.15, 0.2) is 0 Å². The number of hydrogen-bond donors (Lipinski definition) is 1. The molecule has 0 aliphatic rings. The lowest BCUT2D eigenvalue weighted by Crippen LogP contribution is -2.37. The monoisotopic (exact) mass is 364 g/mol. The summed E-state index contributed by atoms with van der Waals surface area (Å²) in [6.07, 6.45) is 0. The van der Waals surface area contributed by atoms with Crippen molar-refractivity contribution < 1.29 is 27.8 Å². The fourth-order valence-corrected chi connectivity index (χ4v) is 2.31. The molecule has 6 nitrogen and oxygen atoms in total. The highest BCUT2D eigenvalue weighted by molar-refractivity contribution is 6.02. The SMILES string of the molecule is COc1ccc(OC)c(N(CC(=O)Nc2c(F)cccc2F)C(C)=O)c1. The molecule has 0 aliphatic heterocycles. The van der Waals surface area contributed by atoms with Crippen LogP contribution in [0.4, 0.5) is 20.2 Å².